The molecular weight excluding hydrogens is 502 g/mol. The summed E-state index contributed by atoms with van der Waals surface area (Å²) in [5.41, 5.74) is 10.5. The summed E-state index contributed by atoms with van der Waals surface area (Å²) in [7, 11) is 1.46. The monoisotopic (exact) mass is 531 g/mol. The highest BCUT2D eigenvalue weighted by molar-refractivity contribution is 6.06. The second-order valence-corrected chi connectivity index (χ2v) is 10.2. The van der Waals surface area contributed by atoms with E-state index in [1.54, 1.807) is 29.2 Å². The molecule has 6 amide bonds. The van der Waals surface area contributed by atoms with Crippen LogP contribution in [0.1, 0.15) is 63.1 Å². The van der Waals surface area contributed by atoms with Gasteiger partial charge in [0, 0.05) is 55.4 Å². The van der Waals surface area contributed by atoms with E-state index in [0.717, 1.165) is 21.6 Å². The fourth-order valence-corrected chi connectivity index (χ4v) is 5.52. The summed E-state index contributed by atoms with van der Waals surface area (Å²) in [6.07, 6.45) is 1.35. The Bertz CT molecular complexity index is 1440. The Morgan fingerprint density at radius 2 is 1.54 bits per heavy atom. The molecule has 0 aliphatic carbocycles. The topological polar surface area (TPSA) is 150 Å². The Morgan fingerprint density at radius 3 is 2.26 bits per heavy atom. The number of nitrogen functional groups attached to an aromatic ring is 1. The van der Waals surface area contributed by atoms with E-state index in [9.17, 15) is 28.8 Å². The number of hydrogen-bond acceptors (Lipinski definition) is 7. The lowest BCUT2D eigenvalue weighted by Crippen LogP contribution is -2.53. The van der Waals surface area contributed by atoms with E-state index in [1.165, 1.54) is 11.9 Å². The second-order valence-electron chi connectivity index (χ2n) is 10.2. The standard InChI is InChI=1S/C14H15N3O3.C14H14N2O3/c1-16-12(18)6-5-11(14(16)20)17-7-9-8(13(17)19)3-2-4-10(9)15;1-8-2-3-10-9(6-8)7-16(14(10)19)11-4-5-12(17)15-13(11)18/h2-4,11H,5-7,15H2,1H3;2-3,6,11H,4-5,7H2,1H3,(H,15,17,18). The van der Waals surface area contributed by atoms with Gasteiger partial charge in [0.25, 0.3) is 17.7 Å². The molecule has 4 aliphatic heterocycles. The molecule has 0 spiro atoms. The third-order valence-electron chi connectivity index (χ3n) is 7.71. The Balaban J connectivity index is 0.000000158. The minimum absolute atomic E-state index is 0.121. The maximum Gasteiger partial charge on any atom is 0.255 e. The number of carbonyl (C=O) groups is 6. The molecule has 0 saturated carbocycles. The number of fused-ring (bicyclic) bond motifs is 2. The van der Waals surface area contributed by atoms with Crippen molar-refractivity contribution in [3.05, 3.63) is 64.2 Å². The molecule has 2 aromatic rings. The summed E-state index contributed by atoms with van der Waals surface area (Å²) in [5, 5.41) is 2.29. The van der Waals surface area contributed by atoms with Gasteiger partial charge in [-0.15, -0.1) is 0 Å². The van der Waals surface area contributed by atoms with Crippen molar-refractivity contribution in [3.8, 4) is 0 Å². The van der Waals surface area contributed by atoms with Gasteiger partial charge < -0.3 is 15.5 Å². The zero-order chi connectivity index (χ0) is 28.0. The fourth-order valence-electron chi connectivity index (χ4n) is 5.52. The van der Waals surface area contributed by atoms with E-state index in [0.29, 0.717) is 42.7 Å². The van der Waals surface area contributed by atoms with Crippen molar-refractivity contribution in [2.75, 3.05) is 12.8 Å². The first-order chi connectivity index (χ1) is 18.6. The molecule has 11 nitrogen and oxygen atoms in total. The van der Waals surface area contributed by atoms with Crippen LogP contribution in [0.25, 0.3) is 0 Å². The molecule has 6 rings (SSSR count). The largest absolute Gasteiger partial charge is 0.398 e. The second kappa shape index (κ2) is 9.97. The number of nitrogens with two attached hydrogens (primary N) is 1. The zero-order valence-corrected chi connectivity index (χ0v) is 21.7. The van der Waals surface area contributed by atoms with Crippen LogP contribution in [0.2, 0.25) is 0 Å². The number of aryl methyl sites for hydroxylation is 1. The summed E-state index contributed by atoms with van der Waals surface area (Å²) in [6, 6.07) is 9.76. The van der Waals surface area contributed by atoms with E-state index >= 15 is 0 Å². The summed E-state index contributed by atoms with van der Waals surface area (Å²) < 4.78 is 0. The van der Waals surface area contributed by atoms with Crippen LogP contribution < -0.4 is 11.1 Å². The lowest BCUT2D eigenvalue weighted by molar-refractivity contribution is -0.150. The smallest absolute Gasteiger partial charge is 0.255 e. The van der Waals surface area contributed by atoms with Crippen LogP contribution in [-0.4, -0.2) is 69.3 Å². The van der Waals surface area contributed by atoms with E-state index < -0.39 is 12.1 Å². The molecule has 0 aromatic heterocycles. The molecule has 2 aromatic carbocycles. The first-order valence-electron chi connectivity index (χ1n) is 12.8. The van der Waals surface area contributed by atoms with Gasteiger partial charge in [0.15, 0.2) is 0 Å². The van der Waals surface area contributed by atoms with E-state index in [4.69, 9.17) is 5.73 Å². The normalized spacial score (nSPS) is 22.5. The number of anilines is 1. The van der Waals surface area contributed by atoms with Gasteiger partial charge in [-0.25, -0.2) is 0 Å². The Hall–Kier alpha value is -4.54. The number of hydrogen-bond donors (Lipinski definition) is 2. The van der Waals surface area contributed by atoms with Crippen LogP contribution in [-0.2, 0) is 32.3 Å². The van der Waals surface area contributed by atoms with Crippen molar-refractivity contribution in [3.63, 3.8) is 0 Å². The molecule has 4 heterocycles. The molecule has 3 N–H and O–H groups in total. The van der Waals surface area contributed by atoms with Crippen molar-refractivity contribution in [1.29, 1.82) is 0 Å². The molecule has 11 heteroatoms. The Labute approximate surface area is 224 Å². The van der Waals surface area contributed by atoms with Gasteiger partial charge in [0.05, 0.1) is 0 Å². The summed E-state index contributed by atoms with van der Waals surface area (Å²) in [6.45, 7) is 2.75. The molecule has 0 bridgehead atoms. The van der Waals surface area contributed by atoms with Crippen LogP contribution in [0.4, 0.5) is 5.69 Å². The van der Waals surface area contributed by atoms with Crippen molar-refractivity contribution < 1.29 is 28.8 Å². The SMILES string of the molecule is CN1C(=O)CCC(N2Cc3c(N)cccc3C2=O)C1=O.Cc1ccc2c(c1)CN(C1CCC(=O)NC1=O)C2=O. The van der Waals surface area contributed by atoms with Crippen molar-refractivity contribution in [2.24, 2.45) is 0 Å². The van der Waals surface area contributed by atoms with Gasteiger partial charge in [-0.05, 0) is 43.5 Å². The molecule has 2 atom stereocenters. The lowest BCUT2D eigenvalue weighted by atomic mass is 10.0. The number of imide groups is 2. The third-order valence-corrected chi connectivity index (χ3v) is 7.71. The summed E-state index contributed by atoms with van der Waals surface area (Å²) in [4.78, 5) is 75.5. The quantitative estimate of drug-likeness (QED) is 0.436. The number of benzene rings is 2. The summed E-state index contributed by atoms with van der Waals surface area (Å²) in [5.74, 6) is -1.45. The maximum absolute atomic E-state index is 12.4. The highest BCUT2D eigenvalue weighted by Crippen LogP contribution is 2.32. The molecule has 39 heavy (non-hydrogen) atoms. The number of amides is 6. The number of nitrogens with one attached hydrogen (secondary N) is 1. The molecule has 2 unspecified atom stereocenters. The van der Waals surface area contributed by atoms with Gasteiger partial charge >= 0.3 is 0 Å². The highest BCUT2D eigenvalue weighted by atomic mass is 16.2. The minimum atomic E-state index is -0.572. The van der Waals surface area contributed by atoms with Gasteiger partial charge in [-0.1, -0.05) is 23.8 Å². The number of nitrogens with zero attached hydrogens (tertiary/aromatic N) is 3. The average Bonchev–Trinajstić information content (AvgIpc) is 3.40. The first-order valence-corrected chi connectivity index (χ1v) is 12.8. The van der Waals surface area contributed by atoms with Gasteiger partial charge in [-0.3, -0.25) is 39.0 Å². The number of piperidine rings is 2. The number of likely N-dealkylation sites (N-methyl/N-ethyl adjacent to an activating group) is 1. The fraction of sp³-hybridized carbons (Fsp3) is 0.357. The molecule has 0 radical (unpaired) electrons. The molecule has 2 fully saturated rings. The van der Waals surface area contributed by atoms with Crippen LogP contribution in [0.15, 0.2) is 36.4 Å². The number of carbonyl (C=O) groups excluding carboxylic acids is 6. The third kappa shape index (κ3) is 4.64. The number of rotatable bonds is 2. The Kier molecular flexibility index (Phi) is 6.67. The van der Waals surface area contributed by atoms with Crippen LogP contribution in [0, 0.1) is 6.92 Å². The van der Waals surface area contributed by atoms with Crippen molar-refractivity contribution in [1.82, 2.24) is 20.0 Å². The van der Waals surface area contributed by atoms with Crippen LogP contribution >= 0.6 is 0 Å². The Morgan fingerprint density at radius 1 is 0.846 bits per heavy atom. The average molecular weight is 532 g/mol. The van der Waals surface area contributed by atoms with Gasteiger partial charge in [0.1, 0.15) is 12.1 Å². The van der Waals surface area contributed by atoms with E-state index in [-0.39, 0.29) is 48.3 Å². The predicted octanol–water partition coefficient (Wildman–Crippen LogP) is 1.13. The van der Waals surface area contributed by atoms with Crippen molar-refractivity contribution >= 4 is 41.1 Å². The highest BCUT2D eigenvalue weighted by Gasteiger charge is 2.42. The van der Waals surface area contributed by atoms with Crippen LogP contribution in [0.5, 0.6) is 0 Å². The van der Waals surface area contributed by atoms with Gasteiger partial charge in [0.2, 0.25) is 17.7 Å². The van der Waals surface area contributed by atoms with Crippen molar-refractivity contribution in [2.45, 2.75) is 57.8 Å². The molecule has 2 saturated heterocycles. The molecule has 4 aliphatic rings. The molecule has 202 valence electrons. The van der Waals surface area contributed by atoms with E-state index in [2.05, 4.69) is 5.32 Å². The number of likely N-dealkylation sites (tertiary alicyclic amines) is 1. The van der Waals surface area contributed by atoms with Gasteiger partial charge in [-0.2, -0.15) is 0 Å². The lowest BCUT2D eigenvalue weighted by Gasteiger charge is -2.33. The minimum Gasteiger partial charge on any atom is -0.398 e. The maximum atomic E-state index is 12.4. The molecular formula is C28H29N5O6. The first kappa shape index (κ1) is 26.1. The van der Waals surface area contributed by atoms with E-state index in [1.807, 2.05) is 19.1 Å². The summed E-state index contributed by atoms with van der Waals surface area (Å²) >= 11 is 0. The van der Waals surface area contributed by atoms with Crippen LogP contribution in [0.3, 0.4) is 0 Å². The predicted molar refractivity (Wildman–Crippen MR) is 139 cm³/mol. The zero-order valence-electron chi connectivity index (χ0n) is 21.7.